The van der Waals surface area contributed by atoms with Crippen LogP contribution in [0.15, 0.2) is 89.9 Å². The van der Waals surface area contributed by atoms with Gasteiger partial charge in [-0.15, -0.1) is 0 Å². The zero-order valence-electron chi connectivity index (χ0n) is 20.3. The van der Waals surface area contributed by atoms with Crippen LogP contribution in [0.3, 0.4) is 0 Å². The molecule has 0 saturated heterocycles. The van der Waals surface area contributed by atoms with E-state index in [-0.39, 0.29) is 11.6 Å². The minimum Gasteiger partial charge on any atom is -0.302 e. The second-order valence-corrected chi connectivity index (χ2v) is 9.11. The zero-order valence-corrected chi connectivity index (χ0v) is 20.3. The lowest BCUT2D eigenvalue weighted by Gasteiger charge is -2.24. The summed E-state index contributed by atoms with van der Waals surface area (Å²) >= 11 is 0. The highest BCUT2D eigenvalue weighted by Gasteiger charge is 2.18. The largest absolute Gasteiger partial charge is 0.302 e. The van der Waals surface area contributed by atoms with Crippen LogP contribution in [-0.2, 0) is 13.1 Å². The third kappa shape index (κ3) is 4.79. The van der Waals surface area contributed by atoms with Gasteiger partial charge in [0.1, 0.15) is 0 Å². The molecule has 0 aliphatic carbocycles. The van der Waals surface area contributed by atoms with Crippen molar-refractivity contribution < 1.29 is 0 Å². The number of benzene rings is 2. The average Bonchev–Trinajstić information content (AvgIpc) is 3.38. The quantitative estimate of drug-likeness (QED) is 0.354. The second-order valence-electron chi connectivity index (χ2n) is 9.11. The summed E-state index contributed by atoms with van der Waals surface area (Å²) in [6.45, 7) is 5.13. The van der Waals surface area contributed by atoms with E-state index < -0.39 is 0 Å². The Morgan fingerprint density at radius 1 is 1.00 bits per heavy atom. The molecule has 0 bridgehead atoms. The van der Waals surface area contributed by atoms with E-state index in [1.807, 2.05) is 61.0 Å². The molecule has 1 N–H and O–H groups in total. The summed E-state index contributed by atoms with van der Waals surface area (Å²) in [5, 5.41) is 8.73. The monoisotopic (exact) mass is 463 g/mol. The van der Waals surface area contributed by atoms with Crippen LogP contribution >= 0.6 is 0 Å². The third-order valence-corrected chi connectivity index (χ3v) is 6.57. The van der Waals surface area contributed by atoms with E-state index in [9.17, 15) is 4.79 Å². The van der Waals surface area contributed by atoms with Crippen LogP contribution in [-0.4, -0.2) is 31.7 Å². The lowest BCUT2D eigenvalue weighted by Crippen LogP contribution is -2.30. The topological polar surface area (TPSA) is 66.8 Å². The Kier molecular flexibility index (Phi) is 6.29. The summed E-state index contributed by atoms with van der Waals surface area (Å²) in [4.78, 5) is 20.3. The molecule has 0 fully saturated rings. The average molecular weight is 464 g/mol. The van der Waals surface area contributed by atoms with Gasteiger partial charge in [-0.3, -0.25) is 19.8 Å². The predicted octanol–water partition coefficient (Wildman–Crippen LogP) is 5.34. The number of hydrogen-bond donors (Lipinski definition) is 1. The van der Waals surface area contributed by atoms with Gasteiger partial charge < -0.3 is 4.57 Å². The Labute approximate surface area is 204 Å². The molecule has 5 aromatic rings. The molecule has 5 rings (SSSR count). The van der Waals surface area contributed by atoms with Gasteiger partial charge in [0, 0.05) is 29.9 Å². The number of nitrogens with one attached hydrogen (secondary N) is 1. The van der Waals surface area contributed by atoms with Gasteiger partial charge in [-0.2, -0.15) is 5.10 Å². The van der Waals surface area contributed by atoms with Crippen LogP contribution in [0.5, 0.6) is 0 Å². The molecule has 0 aliphatic rings. The molecule has 0 saturated carbocycles. The predicted molar refractivity (Wildman–Crippen MR) is 140 cm³/mol. The van der Waals surface area contributed by atoms with Crippen molar-refractivity contribution in [1.29, 1.82) is 0 Å². The summed E-state index contributed by atoms with van der Waals surface area (Å²) in [5.41, 5.74) is 6.70. The van der Waals surface area contributed by atoms with Crippen LogP contribution in [0.1, 0.15) is 35.5 Å². The maximum atomic E-state index is 13.7. The number of aromatic nitrogens is 4. The molecule has 176 valence electrons. The van der Waals surface area contributed by atoms with Gasteiger partial charge in [-0.25, -0.2) is 0 Å². The maximum absolute atomic E-state index is 13.7. The fourth-order valence-corrected chi connectivity index (χ4v) is 4.42. The number of H-pyrrole nitrogens is 1. The highest BCUT2D eigenvalue weighted by atomic mass is 16.1. The third-order valence-electron chi connectivity index (χ3n) is 6.57. The lowest BCUT2D eigenvalue weighted by molar-refractivity contribution is 0.247. The van der Waals surface area contributed by atoms with Crippen LogP contribution < -0.4 is 5.56 Å². The molecule has 3 heterocycles. The van der Waals surface area contributed by atoms with Crippen molar-refractivity contribution in [3.8, 4) is 11.3 Å². The molecule has 0 amide bonds. The maximum Gasteiger partial charge on any atom is 0.255 e. The number of rotatable bonds is 7. The molecule has 0 spiro atoms. The van der Waals surface area contributed by atoms with Crippen molar-refractivity contribution in [3.05, 3.63) is 118 Å². The van der Waals surface area contributed by atoms with Crippen LogP contribution in [0.4, 0.5) is 0 Å². The number of fused-ring (bicyclic) bond motifs is 1. The van der Waals surface area contributed by atoms with Crippen molar-refractivity contribution in [1.82, 2.24) is 24.6 Å². The van der Waals surface area contributed by atoms with Gasteiger partial charge in [0.15, 0.2) is 0 Å². The number of aromatic amines is 1. The van der Waals surface area contributed by atoms with Crippen molar-refractivity contribution in [2.24, 2.45) is 0 Å². The van der Waals surface area contributed by atoms with Gasteiger partial charge in [0.05, 0.1) is 29.1 Å². The molecule has 6 heteroatoms. The van der Waals surface area contributed by atoms with E-state index in [0.29, 0.717) is 13.1 Å². The molecule has 1 atom stereocenters. The summed E-state index contributed by atoms with van der Waals surface area (Å²) in [5.74, 6) is 0. The summed E-state index contributed by atoms with van der Waals surface area (Å²) in [6, 6.07) is 26.3. The first-order valence-electron chi connectivity index (χ1n) is 11.8. The fraction of sp³-hybridized carbons (Fsp3) is 0.207. The minimum atomic E-state index is 0.0161. The molecule has 3 aromatic heterocycles. The standard InChI is InChI=1S/C29H29N5O/c1-20-12-13-23-16-24(29(35)34(28(23)15-20)19-25-11-7-8-14-30-25)18-33(3)21(2)26-17-27(32-31-26)22-9-5-4-6-10-22/h4-17,21H,18-19H2,1-3H3,(H,31,32). The van der Waals surface area contributed by atoms with Crippen molar-refractivity contribution in [2.75, 3.05) is 7.05 Å². The summed E-state index contributed by atoms with van der Waals surface area (Å²) < 4.78 is 1.85. The lowest BCUT2D eigenvalue weighted by atomic mass is 10.1. The Hall–Kier alpha value is -4.03. The molecule has 0 radical (unpaired) electrons. The fourth-order valence-electron chi connectivity index (χ4n) is 4.42. The second kappa shape index (κ2) is 9.68. The Morgan fingerprint density at radius 3 is 2.57 bits per heavy atom. The minimum absolute atomic E-state index is 0.0161. The number of hydrogen-bond acceptors (Lipinski definition) is 4. The molecular weight excluding hydrogens is 434 g/mol. The first kappa shape index (κ1) is 22.7. The highest BCUT2D eigenvalue weighted by Crippen LogP contribution is 2.24. The van der Waals surface area contributed by atoms with Crippen molar-refractivity contribution in [3.63, 3.8) is 0 Å². The first-order valence-corrected chi connectivity index (χ1v) is 11.8. The molecule has 6 nitrogen and oxygen atoms in total. The van der Waals surface area contributed by atoms with E-state index in [1.165, 1.54) is 0 Å². The van der Waals surface area contributed by atoms with Crippen molar-refractivity contribution in [2.45, 2.75) is 33.0 Å². The molecule has 2 aromatic carbocycles. The molecule has 35 heavy (non-hydrogen) atoms. The first-order chi connectivity index (χ1) is 17.0. The van der Waals surface area contributed by atoms with Gasteiger partial charge in [-0.05, 0) is 62.2 Å². The SMILES string of the molecule is Cc1ccc2cc(CN(C)C(C)c3cc(-c4ccccc4)n[nH]3)c(=O)n(Cc3ccccn3)c2c1. The Bertz CT molecular complexity index is 1510. The van der Waals surface area contributed by atoms with Crippen LogP contribution in [0.2, 0.25) is 0 Å². The highest BCUT2D eigenvalue weighted by molar-refractivity contribution is 5.80. The molecular formula is C29H29N5O. The zero-order chi connectivity index (χ0) is 24.4. The molecule has 0 aliphatic heterocycles. The number of aryl methyl sites for hydroxylation is 1. The van der Waals surface area contributed by atoms with Crippen LogP contribution in [0.25, 0.3) is 22.2 Å². The Morgan fingerprint density at radius 2 is 1.80 bits per heavy atom. The number of pyridine rings is 2. The number of nitrogens with zero attached hydrogens (tertiary/aromatic N) is 4. The van der Waals surface area contributed by atoms with E-state index >= 15 is 0 Å². The smallest absolute Gasteiger partial charge is 0.255 e. The molecule has 1 unspecified atom stereocenters. The van der Waals surface area contributed by atoms with Gasteiger partial charge in [0.25, 0.3) is 5.56 Å². The van der Waals surface area contributed by atoms with E-state index in [0.717, 1.165) is 44.7 Å². The van der Waals surface area contributed by atoms with E-state index in [4.69, 9.17) is 0 Å². The summed E-state index contributed by atoms with van der Waals surface area (Å²) in [7, 11) is 2.04. The summed E-state index contributed by atoms with van der Waals surface area (Å²) in [6.07, 6.45) is 1.77. The van der Waals surface area contributed by atoms with Gasteiger partial charge in [-0.1, -0.05) is 48.5 Å². The Balaban J connectivity index is 1.46. The van der Waals surface area contributed by atoms with Gasteiger partial charge >= 0.3 is 0 Å². The normalized spacial score (nSPS) is 12.3. The van der Waals surface area contributed by atoms with Gasteiger partial charge in [0.2, 0.25) is 0 Å². The van der Waals surface area contributed by atoms with Crippen molar-refractivity contribution >= 4 is 10.9 Å². The van der Waals surface area contributed by atoms with Crippen LogP contribution in [0, 0.1) is 6.92 Å². The van der Waals surface area contributed by atoms with E-state index in [1.54, 1.807) is 6.20 Å². The van der Waals surface area contributed by atoms with E-state index in [2.05, 4.69) is 63.4 Å².